The van der Waals surface area contributed by atoms with Crippen LogP contribution in [0.15, 0.2) is 42.5 Å². The Hall–Kier alpha value is -2.57. The summed E-state index contributed by atoms with van der Waals surface area (Å²) < 4.78 is 16.1. The molecule has 1 N–H and O–H groups in total. The summed E-state index contributed by atoms with van der Waals surface area (Å²) in [5.74, 6) is 2.29. The fourth-order valence-corrected chi connectivity index (χ4v) is 3.81. The number of aliphatic hydroxyl groups excluding tert-OH is 1. The lowest BCUT2D eigenvalue weighted by atomic mass is 9.89. The second-order valence-corrected chi connectivity index (χ2v) is 7.22. The van der Waals surface area contributed by atoms with Gasteiger partial charge in [0, 0.05) is 24.6 Å². The van der Waals surface area contributed by atoms with Gasteiger partial charge in [-0.3, -0.25) is 9.69 Å². The molecule has 2 heterocycles. The summed E-state index contributed by atoms with van der Waals surface area (Å²) in [6.07, 6.45) is 1.93. The van der Waals surface area contributed by atoms with Crippen molar-refractivity contribution in [2.24, 2.45) is 5.92 Å². The van der Waals surface area contributed by atoms with Crippen molar-refractivity contribution in [1.82, 2.24) is 4.90 Å². The molecule has 6 nitrogen and oxygen atoms in total. The first-order valence-electron chi connectivity index (χ1n) is 9.72. The molecule has 0 bridgehead atoms. The van der Waals surface area contributed by atoms with E-state index in [0.717, 1.165) is 38.2 Å². The third-order valence-electron chi connectivity index (χ3n) is 5.22. The zero-order chi connectivity index (χ0) is 19.3. The lowest BCUT2D eigenvalue weighted by Gasteiger charge is -2.32. The Morgan fingerprint density at radius 1 is 1.14 bits per heavy atom. The third kappa shape index (κ3) is 4.29. The molecule has 0 aliphatic carbocycles. The second-order valence-electron chi connectivity index (χ2n) is 7.22. The fraction of sp³-hybridized carbons (Fsp3) is 0.409. The molecule has 2 aliphatic heterocycles. The minimum absolute atomic E-state index is 0.00119. The third-order valence-corrected chi connectivity index (χ3v) is 5.22. The number of rotatable bonds is 7. The first-order valence-corrected chi connectivity index (χ1v) is 9.72. The maximum absolute atomic E-state index is 13.0. The number of likely N-dealkylation sites (tertiary alicyclic amines) is 1. The summed E-state index contributed by atoms with van der Waals surface area (Å²) in [4.78, 5) is 15.3. The Kier molecular flexibility index (Phi) is 5.78. The van der Waals surface area contributed by atoms with Gasteiger partial charge in [0.25, 0.3) is 0 Å². The molecule has 2 aromatic carbocycles. The SMILES string of the molecule is O=C(c1ccc2c(c1)OCO2)C1CCCN(Cc2ccc(OCCO)cc2)C1. The van der Waals surface area contributed by atoms with E-state index in [2.05, 4.69) is 4.90 Å². The molecule has 2 aromatic rings. The van der Waals surface area contributed by atoms with Crippen molar-refractivity contribution in [2.75, 3.05) is 33.1 Å². The van der Waals surface area contributed by atoms with E-state index >= 15 is 0 Å². The molecule has 1 unspecified atom stereocenters. The van der Waals surface area contributed by atoms with Crippen LogP contribution in [0, 0.1) is 5.92 Å². The van der Waals surface area contributed by atoms with Crippen molar-refractivity contribution < 1.29 is 24.1 Å². The van der Waals surface area contributed by atoms with Crippen LogP contribution in [0.2, 0.25) is 0 Å². The molecule has 6 heteroatoms. The van der Waals surface area contributed by atoms with Crippen LogP contribution in [-0.4, -0.2) is 48.9 Å². The minimum Gasteiger partial charge on any atom is -0.491 e. The average Bonchev–Trinajstić information content (AvgIpc) is 3.21. The number of ketones is 1. The van der Waals surface area contributed by atoms with Crippen LogP contribution in [0.5, 0.6) is 17.2 Å². The van der Waals surface area contributed by atoms with Crippen molar-refractivity contribution in [3.8, 4) is 17.2 Å². The summed E-state index contributed by atoms with van der Waals surface area (Å²) in [5.41, 5.74) is 1.88. The van der Waals surface area contributed by atoms with Gasteiger partial charge in [-0.1, -0.05) is 12.1 Å². The highest BCUT2D eigenvalue weighted by atomic mass is 16.7. The van der Waals surface area contributed by atoms with Gasteiger partial charge < -0.3 is 19.3 Å². The zero-order valence-corrected chi connectivity index (χ0v) is 15.8. The van der Waals surface area contributed by atoms with E-state index in [4.69, 9.17) is 19.3 Å². The molecule has 148 valence electrons. The van der Waals surface area contributed by atoms with E-state index in [1.807, 2.05) is 36.4 Å². The summed E-state index contributed by atoms with van der Waals surface area (Å²) in [6, 6.07) is 13.4. The topological polar surface area (TPSA) is 68.2 Å². The Bertz CT molecular complexity index is 820. The lowest BCUT2D eigenvalue weighted by Crippen LogP contribution is -2.38. The van der Waals surface area contributed by atoms with Crippen LogP contribution in [0.1, 0.15) is 28.8 Å². The predicted octanol–water partition coefficient (Wildman–Crippen LogP) is 2.88. The largest absolute Gasteiger partial charge is 0.491 e. The molecule has 0 spiro atoms. The number of hydrogen-bond acceptors (Lipinski definition) is 6. The standard InChI is InChI=1S/C22H25NO5/c24-10-11-26-19-6-3-16(4-7-19)13-23-9-1-2-18(14-23)22(25)17-5-8-20-21(12-17)28-15-27-20/h3-8,12,18,24H,1-2,9-11,13-15H2. The number of aliphatic hydroxyl groups is 1. The van der Waals surface area contributed by atoms with E-state index in [1.165, 1.54) is 5.56 Å². The Balaban J connectivity index is 1.37. The summed E-state index contributed by atoms with van der Waals surface area (Å²) >= 11 is 0. The van der Waals surface area contributed by atoms with Crippen LogP contribution >= 0.6 is 0 Å². The number of benzene rings is 2. The van der Waals surface area contributed by atoms with E-state index in [1.54, 1.807) is 6.07 Å². The molecule has 0 aromatic heterocycles. The monoisotopic (exact) mass is 383 g/mol. The smallest absolute Gasteiger partial charge is 0.231 e. The van der Waals surface area contributed by atoms with Crippen molar-refractivity contribution in [3.63, 3.8) is 0 Å². The molecule has 28 heavy (non-hydrogen) atoms. The van der Waals surface area contributed by atoms with Crippen LogP contribution < -0.4 is 14.2 Å². The van der Waals surface area contributed by atoms with Crippen molar-refractivity contribution in [3.05, 3.63) is 53.6 Å². The average molecular weight is 383 g/mol. The van der Waals surface area contributed by atoms with Gasteiger partial charge in [-0.2, -0.15) is 0 Å². The quantitative estimate of drug-likeness (QED) is 0.742. The van der Waals surface area contributed by atoms with Crippen LogP contribution in [0.25, 0.3) is 0 Å². The lowest BCUT2D eigenvalue weighted by molar-refractivity contribution is 0.0811. The molecular weight excluding hydrogens is 358 g/mol. The first kappa shape index (κ1) is 18.8. The second kappa shape index (κ2) is 8.63. The van der Waals surface area contributed by atoms with Crippen LogP contribution in [-0.2, 0) is 6.54 Å². The van der Waals surface area contributed by atoms with E-state index in [9.17, 15) is 4.79 Å². The highest BCUT2D eigenvalue weighted by Crippen LogP contribution is 2.34. The van der Waals surface area contributed by atoms with E-state index < -0.39 is 0 Å². The molecule has 4 rings (SSSR count). The number of fused-ring (bicyclic) bond motifs is 1. The molecule has 1 atom stereocenters. The van der Waals surface area contributed by atoms with Gasteiger partial charge >= 0.3 is 0 Å². The maximum atomic E-state index is 13.0. The Labute approximate surface area is 164 Å². The van der Waals surface area contributed by atoms with Gasteiger partial charge in [-0.05, 0) is 55.3 Å². The normalized spacial score (nSPS) is 18.8. The summed E-state index contributed by atoms with van der Waals surface area (Å²) in [6.45, 7) is 3.09. The number of piperidine rings is 1. The number of hydrogen-bond donors (Lipinski definition) is 1. The van der Waals surface area contributed by atoms with Gasteiger partial charge in [0.1, 0.15) is 12.4 Å². The van der Waals surface area contributed by atoms with E-state index in [-0.39, 0.29) is 25.1 Å². The summed E-state index contributed by atoms with van der Waals surface area (Å²) in [5, 5.41) is 8.82. The van der Waals surface area contributed by atoms with Crippen LogP contribution in [0.4, 0.5) is 0 Å². The number of carbonyl (C=O) groups is 1. The van der Waals surface area contributed by atoms with Gasteiger partial charge in [-0.15, -0.1) is 0 Å². The number of Topliss-reactive ketones (excluding diaryl/α,β-unsaturated/α-hetero) is 1. The first-order chi connectivity index (χ1) is 13.7. The van der Waals surface area contributed by atoms with Gasteiger partial charge in [0.2, 0.25) is 6.79 Å². The number of carbonyl (C=O) groups excluding carboxylic acids is 1. The molecule has 1 saturated heterocycles. The zero-order valence-electron chi connectivity index (χ0n) is 15.8. The fourth-order valence-electron chi connectivity index (χ4n) is 3.81. The van der Waals surface area contributed by atoms with Gasteiger partial charge in [0.05, 0.1) is 6.61 Å². The molecule has 0 radical (unpaired) electrons. The maximum Gasteiger partial charge on any atom is 0.231 e. The molecule has 0 saturated carbocycles. The Morgan fingerprint density at radius 2 is 1.96 bits per heavy atom. The molecule has 1 fully saturated rings. The molecule has 0 amide bonds. The van der Waals surface area contributed by atoms with Gasteiger partial charge in [-0.25, -0.2) is 0 Å². The molecular formula is C22H25NO5. The predicted molar refractivity (Wildman–Crippen MR) is 104 cm³/mol. The highest BCUT2D eigenvalue weighted by molar-refractivity contribution is 5.98. The number of ether oxygens (including phenoxy) is 3. The molecule has 2 aliphatic rings. The van der Waals surface area contributed by atoms with Crippen molar-refractivity contribution in [2.45, 2.75) is 19.4 Å². The van der Waals surface area contributed by atoms with Crippen molar-refractivity contribution in [1.29, 1.82) is 0 Å². The highest BCUT2D eigenvalue weighted by Gasteiger charge is 2.27. The number of nitrogens with zero attached hydrogens (tertiary/aromatic N) is 1. The van der Waals surface area contributed by atoms with Crippen LogP contribution in [0.3, 0.4) is 0 Å². The summed E-state index contributed by atoms with van der Waals surface area (Å²) in [7, 11) is 0. The Morgan fingerprint density at radius 3 is 2.79 bits per heavy atom. The minimum atomic E-state index is 0.00119. The van der Waals surface area contributed by atoms with Crippen molar-refractivity contribution >= 4 is 5.78 Å². The van der Waals surface area contributed by atoms with E-state index in [0.29, 0.717) is 23.7 Å². The van der Waals surface area contributed by atoms with Gasteiger partial charge in [0.15, 0.2) is 17.3 Å².